The second kappa shape index (κ2) is 16.7. The van der Waals surface area contributed by atoms with Gasteiger partial charge in [-0.2, -0.15) is 0 Å². The number of aldehydes is 2. The van der Waals surface area contributed by atoms with E-state index in [4.69, 9.17) is 9.47 Å². The summed E-state index contributed by atoms with van der Waals surface area (Å²) in [7, 11) is 0. The number of allylic oxidation sites excluding steroid dienone is 2. The predicted molar refractivity (Wildman–Crippen MR) is 145 cm³/mol. The molecule has 0 aromatic carbocycles. The summed E-state index contributed by atoms with van der Waals surface area (Å²) in [5.41, 5.74) is 0.542. The summed E-state index contributed by atoms with van der Waals surface area (Å²) in [6.45, 7) is 5.54. The summed E-state index contributed by atoms with van der Waals surface area (Å²) in [6.07, 6.45) is 13.1. The third kappa shape index (κ3) is 11.0. The van der Waals surface area contributed by atoms with Gasteiger partial charge in [0.05, 0.1) is 13.2 Å². The molecule has 0 atom stereocenters. The Hall–Kier alpha value is -1.94. The Morgan fingerprint density at radius 3 is 1.75 bits per heavy atom. The predicted octanol–water partition coefficient (Wildman–Crippen LogP) is 6.21. The lowest BCUT2D eigenvalue weighted by Gasteiger charge is -2.27. The van der Waals surface area contributed by atoms with Crippen LogP contribution < -0.4 is 10.6 Å². The molecule has 36 heavy (non-hydrogen) atoms. The first-order valence-electron chi connectivity index (χ1n) is 12.9. The van der Waals surface area contributed by atoms with Gasteiger partial charge in [-0.05, 0) is 50.2 Å². The molecule has 2 saturated heterocycles. The van der Waals surface area contributed by atoms with Crippen molar-refractivity contribution < 1.29 is 28.7 Å². The fourth-order valence-electron chi connectivity index (χ4n) is 4.18. The lowest BCUT2D eigenvalue weighted by atomic mass is 9.94. The van der Waals surface area contributed by atoms with E-state index < -0.39 is 5.54 Å². The largest absolute Gasteiger partial charge is 0.457 e. The van der Waals surface area contributed by atoms with Crippen LogP contribution in [0.3, 0.4) is 0 Å². The van der Waals surface area contributed by atoms with Crippen molar-refractivity contribution in [1.82, 2.24) is 10.6 Å². The van der Waals surface area contributed by atoms with Gasteiger partial charge in [0.25, 0.3) is 0 Å². The highest BCUT2D eigenvalue weighted by atomic mass is 32.2. The van der Waals surface area contributed by atoms with E-state index in [-0.39, 0.29) is 10.6 Å². The third-order valence-corrected chi connectivity index (χ3v) is 8.43. The number of carbonyl (C=O) groups excluding carboxylic acids is 4. The lowest BCUT2D eigenvalue weighted by Crippen LogP contribution is -2.47. The highest BCUT2D eigenvalue weighted by molar-refractivity contribution is 8.16. The molecule has 0 spiro atoms. The van der Waals surface area contributed by atoms with Crippen molar-refractivity contribution in [1.29, 1.82) is 0 Å². The van der Waals surface area contributed by atoms with Gasteiger partial charge in [0, 0.05) is 40.6 Å². The molecule has 2 N–H and O–H groups in total. The maximum atomic E-state index is 11.7. The van der Waals surface area contributed by atoms with Crippen LogP contribution in [-0.4, -0.2) is 48.5 Å². The van der Waals surface area contributed by atoms with E-state index in [1.807, 2.05) is 6.92 Å². The minimum atomic E-state index is -1.24. The molecule has 2 aliphatic heterocycles. The van der Waals surface area contributed by atoms with Gasteiger partial charge in [-0.15, -0.1) is 0 Å². The number of unbranched alkanes of at least 4 members (excludes halogenated alkanes) is 8. The normalized spacial score (nSPS) is 19.2. The van der Waals surface area contributed by atoms with Gasteiger partial charge in [0.2, 0.25) is 0 Å². The molecule has 0 saturated carbocycles. The van der Waals surface area contributed by atoms with Crippen molar-refractivity contribution in [3.63, 3.8) is 0 Å². The van der Waals surface area contributed by atoms with Crippen LogP contribution >= 0.6 is 23.5 Å². The Balaban J connectivity index is 1.52. The molecule has 0 unspecified atom stereocenters. The molecule has 0 aromatic heterocycles. The van der Waals surface area contributed by atoms with Crippen LogP contribution in [0.5, 0.6) is 0 Å². The van der Waals surface area contributed by atoms with Crippen LogP contribution in [0.25, 0.3) is 0 Å². The van der Waals surface area contributed by atoms with E-state index in [0.717, 1.165) is 72.3 Å². The molecular weight excluding hydrogens is 500 g/mol. The molecule has 0 radical (unpaired) electrons. The van der Waals surface area contributed by atoms with Crippen LogP contribution in [0.1, 0.15) is 90.9 Å². The fourth-order valence-corrected chi connectivity index (χ4v) is 5.67. The van der Waals surface area contributed by atoms with E-state index in [2.05, 4.69) is 10.6 Å². The molecule has 0 aromatic rings. The first-order chi connectivity index (χ1) is 17.4. The average molecular weight is 541 g/mol. The maximum Gasteiger partial charge on any atom is 0.371 e. The number of hydrogen-bond acceptors (Lipinski definition) is 10. The molecule has 0 amide bonds. The molecule has 0 bridgehead atoms. The summed E-state index contributed by atoms with van der Waals surface area (Å²) in [6, 6.07) is 0. The summed E-state index contributed by atoms with van der Waals surface area (Å²) in [4.78, 5) is 48.2. The second-order valence-corrected chi connectivity index (χ2v) is 11.3. The van der Waals surface area contributed by atoms with Crippen molar-refractivity contribution in [2.24, 2.45) is 0 Å². The monoisotopic (exact) mass is 540 g/mol. The van der Waals surface area contributed by atoms with Crippen LogP contribution in [0, 0.1) is 0 Å². The Bertz CT molecular complexity index is 819. The number of thioether (sulfide) groups is 2. The van der Waals surface area contributed by atoms with E-state index in [0.29, 0.717) is 44.3 Å². The number of cyclic esters (lactones) is 2. The van der Waals surface area contributed by atoms with Gasteiger partial charge in [0.15, 0.2) is 12.6 Å². The number of rotatable bonds is 17. The maximum absolute atomic E-state index is 11.7. The number of ether oxygens (including phenoxy) is 2. The van der Waals surface area contributed by atoms with Crippen molar-refractivity contribution in [2.75, 3.05) is 19.8 Å². The van der Waals surface area contributed by atoms with Crippen molar-refractivity contribution in [3.8, 4) is 0 Å². The lowest BCUT2D eigenvalue weighted by molar-refractivity contribution is -0.122. The van der Waals surface area contributed by atoms with Gasteiger partial charge in [-0.25, -0.2) is 9.59 Å². The molecule has 0 aliphatic carbocycles. The average Bonchev–Trinajstić information content (AvgIpc) is 2.88. The Kier molecular flexibility index (Phi) is 14.1. The van der Waals surface area contributed by atoms with Crippen LogP contribution in [0.15, 0.2) is 21.2 Å². The molecule has 10 heteroatoms. The smallest absolute Gasteiger partial charge is 0.371 e. The molecule has 8 nitrogen and oxygen atoms in total. The summed E-state index contributed by atoms with van der Waals surface area (Å²) in [5.74, 6) is 0. The SMILES string of the molecule is CC(NCCCCCCCCCCCC(C=O)(C=O)NC(C)=C1CCOC(=O)S1)=C1CCOC(=O)S1. The molecular formula is C26H40N2O6S2. The van der Waals surface area contributed by atoms with Gasteiger partial charge in [-0.1, -0.05) is 51.4 Å². The third-order valence-electron chi connectivity index (χ3n) is 6.35. The minimum Gasteiger partial charge on any atom is -0.457 e. The van der Waals surface area contributed by atoms with Crippen molar-refractivity contribution in [3.05, 3.63) is 21.2 Å². The zero-order valence-electron chi connectivity index (χ0n) is 21.5. The Labute approximate surface area is 223 Å². The Morgan fingerprint density at radius 1 is 0.778 bits per heavy atom. The van der Waals surface area contributed by atoms with E-state index in [1.165, 1.54) is 37.4 Å². The van der Waals surface area contributed by atoms with Crippen LogP contribution in [0.4, 0.5) is 9.59 Å². The topological polar surface area (TPSA) is 111 Å². The molecule has 202 valence electrons. The molecule has 2 rings (SSSR count). The van der Waals surface area contributed by atoms with Crippen LogP contribution in [0.2, 0.25) is 0 Å². The molecule has 2 heterocycles. The quantitative estimate of drug-likeness (QED) is 0.0955. The summed E-state index contributed by atoms with van der Waals surface area (Å²) < 4.78 is 9.87. The van der Waals surface area contributed by atoms with E-state index in [9.17, 15) is 19.2 Å². The van der Waals surface area contributed by atoms with Gasteiger partial charge >= 0.3 is 10.6 Å². The van der Waals surface area contributed by atoms with Crippen LogP contribution in [-0.2, 0) is 19.1 Å². The second-order valence-electron chi connectivity index (χ2n) is 9.26. The Morgan fingerprint density at radius 2 is 1.25 bits per heavy atom. The first-order valence-corrected chi connectivity index (χ1v) is 14.6. The van der Waals surface area contributed by atoms with Gasteiger partial charge in [-0.3, -0.25) is 0 Å². The first kappa shape index (κ1) is 30.3. The highest BCUT2D eigenvalue weighted by Gasteiger charge is 2.30. The zero-order valence-corrected chi connectivity index (χ0v) is 23.2. The van der Waals surface area contributed by atoms with E-state index >= 15 is 0 Å². The number of nitrogens with one attached hydrogen (secondary N) is 2. The van der Waals surface area contributed by atoms with Crippen molar-refractivity contribution >= 4 is 46.7 Å². The standard InChI is InChI=1S/C26H40N2O6S2/c1-20(22-12-16-33-24(31)35-22)27-15-11-9-7-5-3-4-6-8-10-14-26(18-29,19-30)28-21(2)23-13-17-34-25(32)36-23/h18-19,27-28H,3-17H2,1-2H3. The fraction of sp³-hybridized carbons (Fsp3) is 0.692. The molecule has 2 aliphatic rings. The minimum absolute atomic E-state index is 0.211. The van der Waals surface area contributed by atoms with Crippen molar-refractivity contribution in [2.45, 2.75) is 96.4 Å². The van der Waals surface area contributed by atoms with Gasteiger partial charge < -0.3 is 29.7 Å². The number of hydrogen-bond donors (Lipinski definition) is 2. The highest BCUT2D eigenvalue weighted by Crippen LogP contribution is 2.30. The molecule has 2 fully saturated rings. The van der Waals surface area contributed by atoms with E-state index in [1.54, 1.807) is 6.92 Å². The summed E-state index contributed by atoms with van der Waals surface area (Å²) >= 11 is 2.20. The zero-order chi connectivity index (χ0) is 26.2. The summed E-state index contributed by atoms with van der Waals surface area (Å²) in [5, 5.41) is 5.93. The number of carbonyl (C=O) groups is 4. The van der Waals surface area contributed by atoms with Gasteiger partial charge in [0.1, 0.15) is 5.54 Å².